The Morgan fingerprint density at radius 3 is 2.43 bits per heavy atom. The minimum Gasteiger partial charge on any atom is -0.396 e. The van der Waals surface area contributed by atoms with Crippen LogP contribution >= 0.6 is 0 Å². The maximum Gasteiger partial charge on any atom is 0.0434 e. The molecule has 1 rings (SSSR count). The third-order valence-electron chi connectivity index (χ3n) is 1.48. The van der Waals surface area contributed by atoms with Crippen LogP contribution in [0, 0.1) is 5.92 Å². The molecule has 1 saturated carbocycles. The largest absolute Gasteiger partial charge is 0.396 e. The molecule has 0 saturated heterocycles. The van der Waals surface area contributed by atoms with E-state index in [4.69, 9.17) is 10.8 Å². The minimum absolute atomic E-state index is 0.304. The van der Waals surface area contributed by atoms with Gasteiger partial charge in [0.15, 0.2) is 0 Å². The summed E-state index contributed by atoms with van der Waals surface area (Å²) in [7, 11) is 0. The van der Waals surface area contributed by atoms with Gasteiger partial charge < -0.3 is 10.8 Å². The van der Waals surface area contributed by atoms with Crippen molar-refractivity contribution in [2.45, 2.75) is 18.9 Å². The normalized spacial score (nSPS) is 38.6. The second kappa shape index (κ2) is 1.80. The van der Waals surface area contributed by atoms with Crippen molar-refractivity contribution in [1.29, 1.82) is 0 Å². The minimum atomic E-state index is 0.304. The highest BCUT2D eigenvalue weighted by Crippen LogP contribution is 2.30. The van der Waals surface area contributed by atoms with Gasteiger partial charge in [-0.1, -0.05) is 0 Å². The predicted molar refractivity (Wildman–Crippen MR) is 27.8 cm³/mol. The quantitative estimate of drug-likeness (QED) is 0.502. The van der Waals surface area contributed by atoms with E-state index in [0.29, 0.717) is 18.6 Å². The molecule has 7 heavy (non-hydrogen) atoms. The molecule has 0 amide bonds. The van der Waals surface area contributed by atoms with Crippen molar-refractivity contribution >= 4 is 0 Å². The van der Waals surface area contributed by atoms with Crippen LogP contribution in [-0.2, 0) is 0 Å². The summed E-state index contributed by atoms with van der Waals surface area (Å²) < 4.78 is 0. The lowest BCUT2D eigenvalue weighted by Crippen LogP contribution is -2.02. The Labute approximate surface area is 43.3 Å². The van der Waals surface area contributed by atoms with E-state index in [1.165, 1.54) is 0 Å². The molecule has 1 aliphatic rings. The molecule has 0 spiro atoms. The Hall–Kier alpha value is -0.0800. The van der Waals surface area contributed by atoms with Crippen LogP contribution in [0.3, 0.4) is 0 Å². The number of aliphatic hydroxyl groups is 1. The number of aliphatic hydroxyl groups excluding tert-OH is 1. The summed E-state index contributed by atoms with van der Waals surface area (Å²) in [6.07, 6.45) is 2.03. The standard InChI is InChI=1S/C5H11NO/c6-5-3-4(5)1-2-7/h4-5,7H,1-3,6H2/t4-,5-/m1/s1. The molecular formula is C5H11NO. The highest BCUT2D eigenvalue weighted by atomic mass is 16.3. The van der Waals surface area contributed by atoms with Crippen LogP contribution in [0.25, 0.3) is 0 Å². The van der Waals surface area contributed by atoms with Crippen LogP contribution in [0.5, 0.6) is 0 Å². The van der Waals surface area contributed by atoms with Gasteiger partial charge in [0, 0.05) is 12.6 Å². The first kappa shape index (κ1) is 5.06. The van der Waals surface area contributed by atoms with Crippen molar-refractivity contribution in [1.82, 2.24) is 0 Å². The van der Waals surface area contributed by atoms with Crippen molar-refractivity contribution in [3.63, 3.8) is 0 Å². The average molecular weight is 101 g/mol. The third-order valence-corrected chi connectivity index (χ3v) is 1.48. The molecule has 42 valence electrons. The zero-order valence-corrected chi connectivity index (χ0v) is 4.30. The zero-order chi connectivity index (χ0) is 5.28. The maximum atomic E-state index is 8.34. The van der Waals surface area contributed by atoms with E-state index < -0.39 is 0 Å². The molecule has 2 nitrogen and oxygen atoms in total. The van der Waals surface area contributed by atoms with Gasteiger partial charge in [-0.3, -0.25) is 0 Å². The van der Waals surface area contributed by atoms with Gasteiger partial charge in [0.25, 0.3) is 0 Å². The summed E-state index contributed by atoms with van der Waals surface area (Å²) in [6, 6.07) is 0.409. The number of hydrogen-bond donors (Lipinski definition) is 2. The molecule has 1 fully saturated rings. The number of nitrogens with two attached hydrogens (primary N) is 1. The van der Waals surface area contributed by atoms with Gasteiger partial charge >= 0.3 is 0 Å². The van der Waals surface area contributed by atoms with E-state index in [2.05, 4.69) is 0 Å². The summed E-state index contributed by atoms with van der Waals surface area (Å²) in [5, 5.41) is 8.34. The summed E-state index contributed by atoms with van der Waals surface area (Å²) in [4.78, 5) is 0. The fourth-order valence-electron chi connectivity index (χ4n) is 0.769. The highest BCUT2D eigenvalue weighted by molar-refractivity contribution is 4.89. The molecule has 0 aliphatic heterocycles. The summed E-state index contributed by atoms with van der Waals surface area (Å²) >= 11 is 0. The SMILES string of the molecule is N[C@@H]1C[C@H]1CCO. The molecule has 2 heteroatoms. The monoisotopic (exact) mass is 101 g/mol. The Bertz CT molecular complexity index is 65.1. The van der Waals surface area contributed by atoms with E-state index >= 15 is 0 Å². The molecule has 0 aromatic carbocycles. The Balaban J connectivity index is 1.98. The molecule has 3 N–H and O–H groups in total. The van der Waals surface area contributed by atoms with Crippen LogP contribution in [-0.4, -0.2) is 17.8 Å². The fraction of sp³-hybridized carbons (Fsp3) is 1.00. The Morgan fingerprint density at radius 2 is 2.29 bits per heavy atom. The molecule has 0 aromatic heterocycles. The highest BCUT2D eigenvalue weighted by Gasteiger charge is 2.31. The molecule has 0 heterocycles. The molecular weight excluding hydrogens is 90.1 g/mol. The predicted octanol–water partition coefficient (Wildman–Crippen LogP) is -0.284. The van der Waals surface area contributed by atoms with Crippen molar-refractivity contribution in [2.24, 2.45) is 11.7 Å². The Morgan fingerprint density at radius 1 is 1.71 bits per heavy atom. The van der Waals surface area contributed by atoms with E-state index in [9.17, 15) is 0 Å². The number of hydrogen-bond acceptors (Lipinski definition) is 2. The van der Waals surface area contributed by atoms with Gasteiger partial charge in [0.05, 0.1) is 0 Å². The van der Waals surface area contributed by atoms with Gasteiger partial charge in [0.2, 0.25) is 0 Å². The van der Waals surface area contributed by atoms with Crippen LogP contribution in [0.2, 0.25) is 0 Å². The first-order valence-electron chi connectivity index (χ1n) is 2.71. The summed E-state index contributed by atoms with van der Waals surface area (Å²) in [5.74, 6) is 0.644. The van der Waals surface area contributed by atoms with Crippen LogP contribution in [0.1, 0.15) is 12.8 Å². The molecule has 0 radical (unpaired) electrons. The van der Waals surface area contributed by atoms with Crippen LogP contribution in [0.4, 0.5) is 0 Å². The summed E-state index contributed by atoms with van der Waals surface area (Å²) in [5.41, 5.74) is 5.44. The number of rotatable bonds is 2. The van der Waals surface area contributed by atoms with Gasteiger partial charge in [-0.15, -0.1) is 0 Å². The molecule has 0 bridgehead atoms. The van der Waals surface area contributed by atoms with Crippen molar-refractivity contribution in [3.05, 3.63) is 0 Å². The lowest BCUT2D eigenvalue weighted by Gasteiger charge is -1.86. The summed E-state index contributed by atoms with van der Waals surface area (Å²) in [6.45, 7) is 0.304. The van der Waals surface area contributed by atoms with Gasteiger partial charge in [-0.25, -0.2) is 0 Å². The smallest absolute Gasteiger partial charge is 0.0434 e. The molecule has 0 unspecified atom stereocenters. The maximum absolute atomic E-state index is 8.34. The van der Waals surface area contributed by atoms with Gasteiger partial charge in [0.1, 0.15) is 0 Å². The average Bonchev–Trinajstić information content (AvgIpc) is 2.22. The van der Waals surface area contributed by atoms with E-state index in [0.717, 1.165) is 12.8 Å². The van der Waals surface area contributed by atoms with Gasteiger partial charge in [-0.2, -0.15) is 0 Å². The molecule has 1 aliphatic carbocycles. The van der Waals surface area contributed by atoms with Crippen molar-refractivity contribution in [2.75, 3.05) is 6.61 Å². The third kappa shape index (κ3) is 1.14. The first-order valence-corrected chi connectivity index (χ1v) is 2.71. The van der Waals surface area contributed by atoms with E-state index in [1.807, 2.05) is 0 Å². The second-order valence-electron chi connectivity index (χ2n) is 2.17. The zero-order valence-electron chi connectivity index (χ0n) is 4.30. The van der Waals surface area contributed by atoms with Crippen molar-refractivity contribution in [3.8, 4) is 0 Å². The lowest BCUT2D eigenvalue weighted by molar-refractivity contribution is 0.279. The fourth-order valence-corrected chi connectivity index (χ4v) is 0.769. The van der Waals surface area contributed by atoms with E-state index in [-0.39, 0.29) is 0 Å². The molecule has 0 aromatic rings. The van der Waals surface area contributed by atoms with Crippen molar-refractivity contribution < 1.29 is 5.11 Å². The first-order chi connectivity index (χ1) is 3.34. The lowest BCUT2D eigenvalue weighted by atomic mass is 10.3. The van der Waals surface area contributed by atoms with Crippen LogP contribution in [0.15, 0.2) is 0 Å². The van der Waals surface area contributed by atoms with Crippen LogP contribution < -0.4 is 5.73 Å². The molecule has 2 atom stereocenters. The van der Waals surface area contributed by atoms with E-state index in [1.54, 1.807) is 0 Å². The Kier molecular flexibility index (Phi) is 1.30. The van der Waals surface area contributed by atoms with Gasteiger partial charge in [-0.05, 0) is 18.8 Å². The second-order valence-corrected chi connectivity index (χ2v) is 2.17. The topological polar surface area (TPSA) is 46.2 Å².